The van der Waals surface area contributed by atoms with Crippen LogP contribution in [0.3, 0.4) is 0 Å². The van der Waals surface area contributed by atoms with Crippen molar-refractivity contribution in [2.24, 2.45) is 0 Å². The van der Waals surface area contributed by atoms with Crippen molar-refractivity contribution in [3.05, 3.63) is 24.2 Å². The molecular weight excluding hydrogens is 268 g/mol. The van der Waals surface area contributed by atoms with E-state index in [9.17, 15) is 4.79 Å². The molecule has 0 fully saturated rings. The summed E-state index contributed by atoms with van der Waals surface area (Å²) in [7, 11) is 0. The second kappa shape index (κ2) is 5.95. The summed E-state index contributed by atoms with van der Waals surface area (Å²) < 4.78 is 5.86. The maximum Gasteiger partial charge on any atom is 0.243 e. The van der Waals surface area contributed by atoms with Gasteiger partial charge in [-0.05, 0) is 33.8 Å². The smallest absolute Gasteiger partial charge is 0.243 e. The first-order valence-corrected chi connectivity index (χ1v) is 6.87. The molecule has 2 N–H and O–H groups in total. The zero-order chi connectivity index (χ0) is 15.5. The van der Waals surface area contributed by atoms with Gasteiger partial charge in [0, 0.05) is 24.4 Å². The van der Waals surface area contributed by atoms with Gasteiger partial charge in [0.1, 0.15) is 17.6 Å². The largest absolute Gasteiger partial charge is 0.471 e. The molecule has 21 heavy (non-hydrogen) atoms. The van der Waals surface area contributed by atoms with Gasteiger partial charge in [-0.1, -0.05) is 0 Å². The Balaban J connectivity index is 2.39. The molecule has 6 heteroatoms. The van der Waals surface area contributed by atoms with Crippen molar-refractivity contribution in [3.63, 3.8) is 0 Å². The number of carbonyl (C=O) groups excluding carboxylic acids is 1. The van der Waals surface area contributed by atoms with E-state index >= 15 is 0 Å². The Morgan fingerprint density at radius 2 is 2.19 bits per heavy atom. The third-order valence-corrected chi connectivity index (χ3v) is 2.63. The average molecular weight is 288 g/mol. The molecule has 0 aliphatic rings. The maximum atomic E-state index is 11.5. The number of H-pyrrole nitrogens is 1. The minimum atomic E-state index is -0.362. The van der Waals surface area contributed by atoms with Gasteiger partial charge in [-0.15, -0.1) is 0 Å². The molecule has 0 bridgehead atoms. The molecule has 0 saturated heterocycles. The van der Waals surface area contributed by atoms with E-state index in [4.69, 9.17) is 4.74 Å². The van der Waals surface area contributed by atoms with Crippen molar-refractivity contribution < 1.29 is 9.53 Å². The zero-order valence-corrected chi connectivity index (χ0v) is 12.7. The van der Waals surface area contributed by atoms with Gasteiger partial charge in [0.25, 0.3) is 0 Å². The first-order valence-electron chi connectivity index (χ1n) is 6.87. The van der Waals surface area contributed by atoms with Crippen LogP contribution in [-0.2, 0) is 4.79 Å². The summed E-state index contributed by atoms with van der Waals surface area (Å²) >= 11 is 0. The first kappa shape index (κ1) is 15.0. The summed E-state index contributed by atoms with van der Waals surface area (Å²) in [5, 5.41) is 3.48. The van der Waals surface area contributed by atoms with Gasteiger partial charge < -0.3 is 15.0 Å². The molecule has 0 aliphatic heterocycles. The van der Waals surface area contributed by atoms with E-state index in [-0.39, 0.29) is 11.5 Å². The Morgan fingerprint density at radius 3 is 2.86 bits per heavy atom. The Labute approximate surface area is 123 Å². The minimum absolute atomic E-state index is 0.137. The molecule has 0 spiro atoms. The summed E-state index contributed by atoms with van der Waals surface area (Å²) in [5.74, 6) is 0.367. The van der Waals surface area contributed by atoms with E-state index in [1.807, 2.05) is 27.7 Å². The second-order valence-electron chi connectivity index (χ2n) is 5.59. The number of rotatable bonds is 4. The molecule has 6 nitrogen and oxygen atoms in total. The van der Waals surface area contributed by atoms with Crippen LogP contribution in [0.5, 0.6) is 5.88 Å². The zero-order valence-electron chi connectivity index (χ0n) is 12.7. The summed E-state index contributed by atoms with van der Waals surface area (Å²) in [6, 6.07) is 0. The molecule has 2 rings (SSSR count). The summed E-state index contributed by atoms with van der Waals surface area (Å²) in [5.41, 5.74) is 1.13. The first-order chi connectivity index (χ1) is 9.90. The lowest BCUT2D eigenvalue weighted by molar-refractivity contribution is -0.116. The highest BCUT2D eigenvalue weighted by Crippen LogP contribution is 2.28. The number of fused-ring (bicyclic) bond motifs is 1. The van der Waals surface area contributed by atoms with Gasteiger partial charge in [-0.2, -0.15) is 0 Å². The van der Waals surface area contributed by atoms with Gasteiger partial charge in [0.2, 0.25) is 11.8 Å². The SMILES string of the molecule is CCNC(=O)/C=C/c1c[nH]c2ncnc(OC(C)(C)C)c12. The molecule has 0 radical (unpaired) electrons. The van der Waals surface area contributed by atoms with E-state index < -0.39 is 0 Å². The van der Waals surface area contributed by atoms with Crippen LogP contribution in [0.4, 0.5) is 0 Å². The van der Waals surface area contributed by atoms with Gasteiger partial charge in [-0.3, -0.25) is 4.79 Å². The fourth-order valence-electron chi connectivity index (χ4n) is 1.85. The number of aromatic nitrogens is 3. The Kier molecular flexibility index (Phi) is 4.26. The van der Waals surface area contributed by atoms with Crippen LogP contribution >= 0.6 is 0 Å². The van der Waals surface area contributed by atoms with Crippen molar-refractivity contribution in [3.8, 4) is 5.88 Å². The van der Waals surface area contributed by atoms with Gasteiger partial charge in [0.15, 0.2) is 0 Å². The topological polar surface area (TPSA) is 79.9 Å². The number of hydrogen-bond acceptors (Lipinski definition) is 4. The van der Waals surface area contributed by atoms with Crippen molar-refractivity contribution in [1.82, 2.24) is 20.3 Å². The molecule has 0 aromatic carbocycles. The number of amides is 1. The van der Waals surface area contributed by atoms with E-state index in [2.05, 4.69) is 20.3 Å². The molecule has 2 heterocycles. The Bertz CT molecular complexity index is 668. The molecule has 0 aliphatic carbocycles. The molecule has 2 aromatic heterocycles. The Hall–Kier alpha value is -2.37. The number of nitrogens with zero attached hydrogens (tertiary/aromatic N) is 2. The number of hydrogen-bond donors (Lipinski definition) is 2. The standard InChI is InChI=1S/C15H20N4O2/c1-5-16-11(20)7-6-10-8-17-13-12(10)14(19-9-18-13)21-15(2,3)4/h6-9H,5H2,1-4H3,(H,16,20)(H,17,18,19)/b7-6+. The molecule has 1 amide bonds. The number of ether oxygens (including phenoxy) is 1. The highest BCUT2D eigenvalue weighted by Gasteiger charge is 2.17. The predicted molar refractivity (Wildman–Crippen MR) is 82.0 cm³/mol. The number of nitrogens with one attached hydrogen (secondary N) is 2. The normalized spacial score (nSPS) is 12.0. The summed E-state index contributed by atoms with van der Waals surface area (Å²) in [4.78, 5) is 22.9. The average Bonchev–Trinajstić information content (AvgIpc) is 2.79. The van der Waals surface area contributed by atoms with Gasteiger partial charge in [-0.25, -0.2) is 9.97 Å². The lowest BCUT2D eigenvalue weighted by Gasteiger charge is -2.20. The van der Waals surface area contributed by atoms with Gasteiger partial charge >= 0.3 is 0 Å². The highest BCUT2D eigenvalue weighted by molar-refractivity contribution is 5.96. The van der Waals surface area contributed by atoms with Crippen molar-refractivity contribution in [2.45, 2.75) is 33.3 Å². The molecule has 2 aromatic rings. The third kappa shape index (κ3) is 3.81. The van der Waals surface area contributed by atoms with Crippen LogP contribution < -0.4 is 10.1 Å². The lowest BCUT2D eigenvalue weighted by atomic mass is 10.2. The second-order valence-corrected chi connectivity index (χ2v) is 5.59. The fourth-order valence-corrected chi connectivity index (χ4v) is 1.85. The predicted octanol–water partition coefficient (Wildman–Crippen LogP) is 2.28. The van der Waals surface area contributed by atoms with Gasteiger partial charge in [0.05, 0.1) is 5.39 Å². The van der Waals surface area contributed by atoms with Crippen LogP contribution in [0.1, 0.15) is 33.3 Å². The summed E-state index contributed by atoms with van der Waals surface area (Å²) in [6.45, 7) is 8.34. The molecule has 0 atom stereocenters. The molecule has 112 valence electrons. The number of aromatic amines is 1. The van der Waals surface area contributed by atoms with Crippen LogP contribution in [0.15, 0.2) is 18.6 Å². The van der Waals surface area contributed by atoms with E-state index in [1.165, 1.54) is 12.4 Å². The third-order valence-electron chi connectivity index (χ3n) is 2.63. The van der Waals surface area contributed by atoms with Crippen LogP contribution in [0, 0.1) is 0 Å². The molecular formula is C15H20N4O2. The van der Waals surface area contributed by atoms with Crippen LogP contribution in [0.25, 0.3) is 17.1 Å². The lowest BCUT2D eigenvalue weighted by Crippen LogP contribution is -2.23. The fraction of sp³-hybridized carbons (Fsp3) is 0.400. The molecule has 0 saturated carbocycles. The van der Waals surface area contributed by atoms with E-state index in [1.54, 1.807) is 12.3 Å². The number of carbonyl (C=O) groups is 1. The van der Waals surface area contributed by atoms with Crippen LogP contribution in [-0.4, -0.2) is 33.0 Å². The molecule has 0 unspecified atom stereocenters. The van der Waals surface area contributed by atoms with E-state index in [0.717, 1.165) is 10.9 Å². The highest BCUT2D eigenvalue weighted by atomic mass is 16.5. The summed E-state index contributed by atoms with van der Waals surface area (Å²) in [6.07, 6.45) is 6.45. The quantitative estimate of drug-likeness (QED) is 0.846. The number of likely N-dealkylation sites (N-methyl/N-ethyl adjacent to an activating group) is 1. The van der Waals surface area contributed by atoms with Crippen molar-refractivity contribution >= 4 is 23.0 Å². The maximum absolute atomic E-state index is 11.5. The van der Waals surface area contributed by atoms with Crippen molar-refractivity contribution in [1.29, 1.82) is 0 Å². The monoisotopic (exact) mass is 288 g/mol. The van der Waals surface area contributed by atoms with Crippen molar-refractivity contribution in [2.75, 3.05) is 6.54 Å². The Morgan fingerprint density at radius 1 is 1.43 bits per heavy atom. The van der Waals surface area contributed by atoms with E-state index in [0.29, 0.717) is 18.1 Å². The minimum Gasteiger partial charge on any atom is -0.471 e. The van der Waals surface area contributed by atoms with Crippen LogP contribution in [0.2, 0.25) is 0 Å².